The van der Waals surface area contributed by atoms with Gasteiger partial charge in [0.2, 0.25) is 0 Å². The van der Waals surface area contributed by atoms with Crippen LogP contribution in [0.25, 0.3) is 5.65 Å². The maximum Gasteiger partial charge on any atom is 0.277 e. The summed E-state index contributed by atoms with van der Waals surface area (Å²) < 4.78 is 23.6. The van der Waals surface area contributed by atoms with E-state index in [9.17, 15) is 9.00 Å². The average molecular weight is 399 g/mol. The SMILES string of the molecule is Cc1cc(Cn2cc(C(C)C)c(=O)n3nc(C4CC4)cc23)ccc1S(C)(=N)=O. The first kappa shape index (κ1) is 18.9. The Kier molecular flexibility index (Phi) is 4.45. The zero-order chi connectivity index (χ0) is 20.2. The van der Waals surface area contributed by atoms with E-state index in [1.54, 1.807) is 10.6 Å². The molecule has 28 heavy (non-hydrogen) atoms. The summed E-state index contributed by atoms with van der Waals surface area (Å²) >= 11 is 0. The van der Waals surface area contributed by atoms with Crippen LogP contribution in [0.15, 0.2) is 40.2 Å². The van der Waals surface area contributed by atoms with Crippen molar-refractivity contribution in [2.75, 3.05) is 6.26 Å². The molecule has 7 heteroatoms. The number of benzene rings is 1. The highest BCUT2D eigenvalue weighted by Gasteiger charge is 2.27. The summed E-state index contributed by atoms with van der Waals surface area (Å²) in [6.45, 7) is 6.51. The van der Waals surface area contributed by atoms with Crippen molar-refractivity contribution in [1.29, 1.82) is 4.78 Å². The third-order valence-electron chi connectivity index (χ3n) is 5.37. The number of hydrogen-bond acceptors (Lipinski definition) is 4. The van der Waals surface area contributed by atoms with E-state index in [1.807, 2.05) is 45.2 Å². The van der Waals surface area contributed by atoms with Crippen LogP contribution in [-0.2, 0) is 16.3 Å². The van der Waals surface area contributed by atoms with Crippen molar-refractivity contribution in [1.82, 2.24) is 14.2 Å². The Morgan fingerprint density at radius 2 is 2.00 bits per heavy atom. The highest BCUT2D eigenvalue weighted by Crippen LogP contribution is 2.39. The zero-order valence-electron chi connectivity index (χ0n) is 16.7. The van der Waals surface area contributed by atoms with Crippen molar-refractivity contribution in [3.05, 3.63) is 63.2 Å². The van der Waals surface area contributed by atoms with Gasteiger partial charge in [-0.15, -0.1) is 0 Å². The van der Waals surface area contributed by atoms with Gasteiger partial charge in [-0.3, -0.25) is 4.79 Å². The van der Waals surface area contributed by atoms with Crippen molar-refractivity contribution in [3.8, 4) is 0 Å². The Balaban J connectivity index is 1.83. The highest BCUT2D eigenvalue weighted by atomic mass is 32.2. The van der Waals surface area contributed by atoms with E-state index in [-0.39, 0.29) is 11.5 Å². The van der Waals surface area contributed by atoms with Gasteiger partial charge in [0, 0.05) is 41.4 Å². The lowest BCUT2D eigenvalue weighted by molar-refractivity contribution is 0.678. The van der Waals surface area contributed by atoms with E-state index in [0.717, 1.165) is 40.9 Å². The van der Waals surface area contributed by atoms with Crippen molar-refractivity contribution < 1.29 is 4.21 Å². The van der Waals surface area contributed by atoms with Gasteiger partial charge in [0.15, 0.2) is 0 Å². The van der Waals surface area contributed by atoms with Gasteiger partial charge in [0.25, 0.3) is 5.56 Å². The zero-order valence-corrected chi connectivity index (χ0v) is 17.5. The Bertz CT molecular complexity index is 1230. The van der Waals surface area contributed by atoms with Gasteiger partial charge in [0.1, 0.15) is 5.65 Å². The Morgan fingerprint density at radius 1 is 1.29 bits per heavy atom. The van der Waals surface area contributed by atoms with Crippen LogP contribution in [0.5, 0.6) is 0 Å². The monoisotopic (exact) mass is 398 g/mol. The molecule has 0 aliphatic heterocycles. The van der Waals surface area contributed by atoms with Crippen LogP contribution in [0.1, 0.15) is 60.9 Å². The maximum atomic E-state index is 12.9. The number of fused-ring (bicyclic) bond motifs is 1. The number of aromatic nitrogens is 3. The maximum absolute atomic E-state index is 12.9. The molecule has 2 heterocycles. The van der Waals surface area contributed by atoms with Crippen molar-refractivity contribution in [3.63, 3.8) is 0 Å². The first-order valence-corrected chi connectivity index (χ1v) is 11.6. The highest BCUT2D eigenvalue weighted by molar-refractivity contribution is 7.91. The minimum absolute atomic E-state index is 0.0420. The quantitative estimate of drug-likeness (QED) is 0.708. The van der Waals surface area contributed by atoms with Crippen LogP contribution in [-0.4, -0.2) is 24.6 Å². The average Bonchev–Trinajstić information content (AvgIpc) is 3.34. The Morgan fingerprint density at radius 3 is 2.57 bits per heavy atom. The van der Waals surface area contributed by atoms with E-state index in [0.29, 0.717) is 17.4 Å². The molecule has 6 nitrogen and oxygen atoms in total. The molecular weight excluding hydrogens is 372 g/mol. The third kappa shape index (κ3) is 3.39. The second-order valence-corrected chi connectivity index (χ2v) is 10.4. The van der Waals surface area contributed by atoms with E-state index in [2.05, 4.69) is 9.67 Å². The molecule has 0 spiro atoms. The lowest BCUT2D eigenvalue weighted by Gasteiger charge is -2.14. The van der Waals surface area contributed by atoms with Crippen LogP contribution in [0.4, 0.5) is 0 Å². The van der Waals surface area contributed by atoms with Crippen LogP contribution in [0.3, 0.4) is 0 Å². The van der Waals surface area contributed by atoms with E-state index in [4.69, 9.17) is 4.78 Å². The van der Waals surface area contributed by atoms with Crippen molar-refractivity contribution in [2.24, 2.45) is 0 Å². The number of hydrogen-bond donors (Lipinski definition) is 1. The summed E-state index contributed by atoms with van der Waals surface area (Å²) in [5.74, 6) is 0.584. The smallest absolute Gasteiger partial charge is 0.277 e. The first-order chi connectivity index (χ1) is 13.1. The lowest BCUT2D eigenvalue weighted by atomic mass is 10.1. The Hall–Kier alpha value is -2.41. The van der Waals surface area contributed by atoms with Crippen LogP contribution < -0.4 is 5.56 Å². The summed E-state index contributed by atoms with van der Waals surface area (Å²) in [5.41, 5.74) is 4.40. The van der Waals surface area contributed by atoms with Crippen molar-refractivity contribution in [2.45, 2.75) is 56.9 Å². The summed E-state index contributed by atoms with van der Waals surface area (Å²) in [5, 5.41) is 4.60. The molecule has 1 aliphatic rings. The molecule has 4 rings (SSSR count). The summed E-state index contributed by atoms with van der Waals surface area (Å²) in [7, 11) is -2.74. The van der Waals surface area contributed by atoms with Crippen LogP contribution in [0, 0.1) is 11.7 Å². The standard InChI is InChI=1S/C21H26N4O2S/c1-13(2)17-12-24(11-15-5-8-19(14(3)9-15)28(4,22)27)20-10-18(16-6-7-16)23-25(20)21(17)26/h5,8-10,12-13,16,22H,6-7,11H2,1-4H3. The second-order valence-electron chi connectivity index (χ2n) is 8.23. The molecule has 1 fully saturated rings. The minimum atomic E-state index is -2.74. The molecule has 1 unspecified atom stereocenters. The van der Waals surface area contributed by atoms with Gasteiger partial charge in [0.05, 0.1) is 15.4 Å². The summed E-state index contributed by atoms with van der Waals surface area (Å²) in [6.07, 6.45) is 5.66. The fourth-order valence-electron chi connectivity index (χ4n) is 3.70. The van der Waals surface area contributed by atoms with Gasteiger partial charge < -0.3 is 4.57 Å². The van der Waals surface area contributed by atoms with E-state index >= 15 is 0 Å². The molecule has 2 aromatic heterocycles. The predicted molar refractivity (Wildman–Crippen MR) is 111 cm³/mol. The third-order valence-corrected chi connectivity index (χ3v) is 6.66. The fourth-order valence-corrected chi connectivity index (χ4v) is 4.70. The molecule has 1 N–H and O–H groups in total. The summed E-state index contributed by atoms with van der Waals surface area (Å²) in [4.78, 5) is 13.4. The van der Waals surface area contributed by atoms with Gasteiger partial charge in [-0.2, -0.15) is 9.61 Å². The lowest BCUT2D eigenvalue weighted by Crippen LogP contribution is -2.24. The normalized spacial score (nSPS) is 16.6. The molecule has 1 aromatic carbocycles. The van der Waals surface area contributed by atoms with Crippen molar-refractivity contribution >= 4 is 15.4 Å². The fraction of sp³-hybridized carbons (Fsp3) is 0.429. The van der Waals surface area contributed by atoms with E-state index in [1.165, 1.54) is 6.26 Å². The predicted octanol–water partition coefficient (Wildman–Crippen LogP) is 3.89. The van der Waals surface area contributed by atoms with Gasteiger partial charge in [-0.1, -0.05) is 26.0 Å². The second kappa shape index (κ2) is 6.58. The molecule has 3 aromatic rings. The van der Waals surface area contributed by atoms with Crippen LogP contribution >= 0.6 is 0 Å². The molecule has 0 radical (unpaired) electrons. The molecule has 148 valence electrons. The van der Waals surface area contributed by atoms with Crippen LogP contribution in [0.2, 0.25) is 0 Å². The van der Waals surface area contributed by atoms with Gasteiger partial charge in [-0.05, 0) is 42.9 Å². The Labute approximate surface area is 165 Å². The minimum Gasteiger partial charge on any atom is -0.328 e. The van der Waals surface area contributed by atoms with E-state index < -0.39 is 9.73 Å². The molecule has 1 aliphatic carbocycles. The molecule has 0 bridgehead atoms. The summed E-state index contributed by atoms with van der Waals surface area (Å²) in [6, 6.07) is 7.72. The van der Waals surface area contributed by atoms with Gasteiger partial charge in [-0.25, -0.2) is 8.99 Å². The molecular formula is C21H26N4O2S. The largest absolute Gasteiger partial charge is 0.328 e. The topological polar surface area (TPSA) is 80.2 Å². The molecule has 0 saturated heterocycles. The number of rotatable bonds is 5. The molecule has 1 atom stereocenters. The molecule has 1 saturated carbocycles. The number of nitrogens with one attached hydrogen (secondary N) is 1. The number of aryl methyl sites for hydroxylation is 1. The first-order valence-electron chi connectivity index (χ1n) is 9.61. The van der Waals surface area contributed by atoms with Gasteiger partial charge >= 0.3 is 0 Å². The number of nitrogens with zero attached hydrogens (tertiary/aromatic N) is 3. The molecule has 0 amide bonds.